The van der Waals surface area contributed by atoms with E-state index < -0.39 is 10.0 Å². The molecule has 7 nitrogen and oxygen atoms in total. The maximum Gasteiger partial charge on any atom is 0.251 e. The number of hydrogen-bond donors (Lipinski definition) is 1. The molecule has 0 spiro atoms. The highest BCUT2D eigenvalue weighted by molar-refractivity contribution is 7.89. The SMILES string of the molecule is CC1CCCCN1CCCNC(=O)c1ccc(OC2CCN(S(=O)(=O)c3ccc(-c4ccccc4)cc3)CC2)c(Cl)c1. The predicted octanol–water partition coefficient (Wildman–Crippen LogP) is 6.23. The van der Waals surface area contributed by atoms with E-state index in [4.69, 9.17) is 16.3 Å². The summed E-state index contributed by atoms with van der Waals surface area (Å²) in [5.74, 6) is 0.357. The monoisotopic (exact) mass is 609 g/mol. The maximum absolute atomic E-state index is 13.3. The van der Waals surface area contributed by atoms with Crippen molar-refractivity contribution in [2.75, 3.05) is 32.7 Å². The number of nitrogens with one attached hydrogen (secondary N) is 1. The number of sulfonamides is 1. The van der Waals surface area contributed by atoms with E-state index in [9.17, 15) is 13.2 Å². The first kappa shape index (κ1) is 30.5. The molecule has 2 saturated heterocycles. The quantitative estimate of drug-likeness (QED) is 0.276. The van der Waals surface area contributed by atoms with Crippen LogP contribution in [0.2, 0.25) is 5.02 Å². The van der Waals surface area contributed by atoms with Crippen LogP contribution in [-0.4, -0.2) is 68.4 Å². The fourth-order valence-corrected chi connectivity index (χ4v) is 7.48. The van der Waals surface area contributed by atoms with Gasteiger partial charge in [0.1, 0.15) is 11.9 Å². The van der Waals surface area contributed by atoms with E-state index >= 15 is 0 Å². The van der Waals surface area contributed by atoms with Crippen molar-refractivity contribution in [2.24, 2.45) is 0 Å². The zero-order valence-corrected chi connectivity index (χ0v) is 25.7. The lowest BCUT2D eigenvalue weighted by Crippen LogP contribution is -2.41. The molecule has 3 aromatic carbocycles. The Hall–Kier alpha value is -2.91. The molecule has 3 aromatic rings. The van der Waals surface area contributed by atoms with Gasteiger partial charge in [0, 0.05) is 37.8 Å². The third kappa shape index (κ3) is 7.53. The molecule has 0 radical (unpaired) electrons. The van der Waals surface area contributed by atoms with Gasteiger partial charge in [0.25, 0.3) is 5.91 Å². The van der Waals surface area contributed by atoms with Gasteiger partial charge in [-0.3, -0.25) is 4.79 Å². The van der Waals surface area contributed by atoms with Crippen molar-refractivity contribution in [3.05, 3.63) is 83.4 Å². The highest BCUT2D eigenvalue weighted by Crippen LogP contribution is 2.30. The highest BCUT2D eigenvalue weighted by Gasteiger charge is 2.30. The first-order valence-corrected chi connectivity index (χ1v) is 16.8. The first-order valence-electron chi connectivity index (χ1n) is 15.0. The van der Waals surface area contributed by atoms with Crippen LogP contribution in [0.4, 0.5) is 0 Å². The summed E-state index contributed by atoms with van der Waals surface area (Å²) in [7, 11) is -3.60. The Morgan fingerprint density at radius 1 is 0.929 bits per heavy atom. The second-order valence-electron chi connectivity index (χ2n) is 11.2. The van der Waals surface area contributed by atoms with E-state index in [0.29, 0.717) is 59.7 Å². The fraction of sp³-hybridized carbons (Fsp3) is 0.424. The number of amides is 1. The Labute approximate surface area is 254 Å². The molecule has 2 aliphatic heterocycles. The summed E-state index contributed by atoms with van der Waals surface area (Å²) in [6.45, 7) is 5.76. The molecule has 5 rings (SSSR count). The van der Waals surface area contributed by atoms with Gasteiger partial charge in [-0.05, 0) is 87.0 Å². The van der Waals surface area contributed by atoms with E-state index in [0.717, 1.165) is 30.6 Å². The van der Waals surface area contributed by atoms with E-state index in [1.54, 1.807) is 30.3 Å². The highest BCUT2D eigenvalue weighted by atomic mass is 35.5. The van der Waals surface area contributed by atoms with Crippen LogP contribution in [-0.2, 0) is 10.0 Å². The molecule has 2 fully saturated rings. The summed E-state index contributed by atoms with van der Waals surface area (Å²) in [5, 5.41) is 3.37. The van der Waals surface area contributed by atoms with Gasteiger partial charge < -0.3 is 15.0 Å². The van der Waals surface area contributed by atoms with Crippen LogP contribution in [0, 0.1) is 0 Å². The van der Waals surface area contributed by atoms with Gasteiger partial charge in [-0.25, -0.2) is 8.42 Å². The lowest BCUT2D eigenvalue weighted by Gasteiger charge is -2.33. The molecule has 1 atom stereocenters. The van der Waals surface area contributed by atoms with Crippen molar-refractivity contribution in [1.82, 2.24) is 14.5 Å². The van der Waals surface area contributed by atoms with Crippen molar-refractivity contribution in [2.45, 2.75) is 62.5 Å². The predicted molar refractivity (Wildman–Crippen MR) is 168 cm³/mol. The molecule has 1 amide bonds. The molecular formula is C33H40ClN3O4S. The van der Waals surface area contributed by atoms with Gasteiger partial charge in [0.05, 0.1) is 9.92 Å². The zero-order valence-electron chi connectivity index (χ0n) is 24.2. The lowest BCUT2D eigenvalue weighted by molar-refractivity contribution is 0.0948. The number of ether oxygens (including phenoxy) is 1. The Balaban J connectivity index is 1.09. The van der Waals surface area contributed by atoms with Crippen LogP contribution >= 0.6 is 11.6 Å². The van der Waals surface area contributed by atoms with Crippen molar-refractivity contribution < 1.29 is 17.9 Å². The number of benzene rings is 3. The second kappa shape index (κ2) is 14.0. The van der Waals surface area contributed by atoms with Crippen molar-refractivity contribution >= 4 is 27.5 Å². The molecule has 0 aliphatic carbocycles. The molecule has 0 saturated carbocycles. The number of rotatable bonds is 10. The van der Waals surface area contributed by atoms with Crippen LogP contribution in [0.1, 0.15) is 55.8 Å². The van der Waals surface area contributed by atoms with Crippen LogP contribution in [0.25, 0.3) is 11.1 Å². The summed E-state index contributed by atoms with van der Waals surface area (Å²) >= 11 is 6.49. The molecule has 0 bridgehead atoms. The van der Waals surface area contributed by atoms with Crippen LogP contribution in [0.5, 0.6) is 5.75 Å². The van der Waals surface area contributed by atoms with Gasteiger partial charge in [0.15, 0.2) is 0 Å². The molecule has 0 aromatic heterocycles. The molecule has 9 heteroatoms. The standard InChI is InChI=1S/C33H40ClN3O4S/c1-25-8-5-6-20-36(25)21-7-19-35-33(38)28-13-16-32(31(34)24-28)41-29-17-22-37(23-18-29)42(39,40)30-14-11-27(12-15-30)26-9-3-2-4-10-26/h2-4,9-16,24-25,29H,5-8,17-23H2,1H3,(H,35,38). The smallest absolute Gasteiger partial charge is 0.251 e. The average molecular weight is 610 g/mol. The van der Waals surface area contributed by atoms with Crippen LogP contribution in [0.3, 0.4) is 0 Å². The number of halogens is 1. The number of carbonyl (C=O) groups is 1. The number of piperidine rings is 2. The molecule has 1 N–H and O–H groups in total. The number of nitrogens with zero attached hydrogens (tertiary/aromatic N) is 2. The molecular weight excluding hydrogens is 570 g/mol. The lowest BCUT2D eigenvalue weighted by atomic mass is 10.0. The van der Waals surface area contributed by atoms with Crippen molar-refractivity contribution in [1.29, 1.82) is 0 Å². The van der Waals surface area contributed by atoms with E-state index in [1.165, 1.54) is 23.6 Å². The van der Waals surface area contributed by atoms with Crippen molar-refractivity contribution in [3.63, 3.8) is 0 Å². The van der Waals surface area contributed by atoms with Crippen LogP contribution in [0.15, 0.2) is 77.7 Å². The van der Waals surface area contributed by atoms with E-state index in [2.05, 4.69) is 17.1 Å². The molecule has 2 aliphatic rings. The Morgan fingerprint density at radius 3 is 2.33 bits per heavy atom. The molecule has 2 heterocycles. The van der Waals surface area contributed by atoms with Gasteiger partial charge in [-0.2, -0.15) is 4.31 Å². The maximum atomic E-state index is 13.3. The number of likely N-dealkylation sites (tertiary alicyclic amines) is 1. The summed E-state index contributed by atoms with van der Waals surface area (Å²) in [5.41, 5.74) is 2.52. The molecule has 1 unspecified atom stereocenters. The molecule has 224 valence electrons. The summed E-state index contributed by atoms with van der Waals surface area (Å²) in [6.07, 6.45) is 5.67. The minimum absolute atomic E-state index is 0.148. The zero-order chi connectivity index (χ0) is 29.5. The van der Waals surface area contributed by atoms with Gasteiger partial charge in [-0.1, -0.05) is 60.5 Å². The second-order valence-corrected chi connectivity index (χ2v) is 13.6. The van der Waals surface area contributed by atoms with Gasteiger partial charge in [-0.15, -0.1) is 0 Å². The first-order chi connectivity index (χ1) is 20.3. The van der Waals surface area contributed by atoms with E-state index in [-0.39, 0.29) is 12.0 Å². The molecule has 42 heavy (non-hydrogen) atoms. The Kier molecular flexibility index (Phi) is 10.2. The average Bonchev–Trinajstić information content (AvgIpc) is 3.02. The summed E-state index contributed by atoms with van der Waals surface area (Å²) in [4.78, 5) is 15.5. The number of carbonyl (C=O) groups excluding carboxylic acids is 1. The third-order valence-electron chi connectivity index (χ3n) is 8.34. The summed E-state index contributed by atoms with van der Waals surface area (Å²) in [6, 6.07) is 22.6. The van der Waals surface area contributed by atoms with Crippen LogP contribution < -0.4 is 10.1 Å². The fourth-order valence-electron chi connectivity index (χ4n) is 5.78. The Bertz CT molecular complexity index is 1440. The minimum atomic E-state index is -3.60. The minimum Gasteiger partial charge on any atom is -0.489 e. The summed E-state index contributed by atoms with van der Waals surface area (Å²) < 4.78 is 34.2. The van der Waals surface area contributed by atoms with E-state index in [1.807, 2.05) is 42.5 Å². The topological polar surface area (TPSA) is 79.0 Å². The Morgan fingerprint density at radius 2 is 1.64 bits per heavy atom. The normalized spacial score (nSPS) is 19.0. The number of hydrogen-bond acceptors (Lipinski definition) is 5. The third-order valence-corrected chi connectivity index (χ3v) is 10.5. The largest absolute Gasteiger partial charge is 0.489 e. The van der Waals surface area contributed by atoms with Gasteiger partial charge >= 0.3 is 0 Å². The van der Waals surface area contributed by atoms with Crippen molar-refractivity contribution in [3.8, 4) is 16.9 Å². The van der Waals surface area contributed by atoms with Gasteiger partial charge in [0.2, 0.25) is 10.0 Å².